The largest absolute Gasteiger partial charge is 0.497 e. The minimum atomic E-state index is -1.51. The number of esters is 1. The summed E-state index contributed by atoms with van der Waals surface area (Å²) in [5.41, 5.74) is 16.6. The van der Waals surface area contributed by atoms with E-state index in [1.165, 1.54) is 17.2 Å². The molecule has 5 atom stereocenters. The third kappa shape index (κ3) is 9.64. The van der Waals surface area contributed by atoms with E-state index in [9.17, 15) is 14.7 Å². The molecule has 4 aromatic carbocycles. The molecule has 326 valence electrons. The molecule has 0 spiro atoms. The van der Waals surface area contributed by atoms with Crippen LogP contribution in [0.4, 0.5) is 16.3 Å². The van der Waals surface area contributed by atoms with Crippen molar-refractivity contribution in [3.8, 4) is 11.5 Å². The van der Waals surface area contributed by atoms with Crippen LogP contribution in [0.5, 0.6) is 11.5 Å². The van der Waals surface area contributed by atoms with Crippen molar-refractivity contribution < 1.29 is 43.1 Å². The predicted molar refractivity (Wildman–Crippen MR) is 230 cm³/mol. The number of alkyl carbamates (subject to hydrolysis) is 1. The van der Waals surface area contributed by atoms with E-state index in [1.54, 1.807) is 59.3 Å². The fraction of sp³-hybridized carbons (Fsp3) is 0.311. The van der Waals surface area contributed by atoms with Gasteiger partial charge in [0.1, 0.15) is 52.8 Å². The lowest BCUT2D eigenvalue weighted by Gasteiger charge is -2.37. The molecule has 7 rings (SSSR count). The second kappa shape index (κ2) is 18.8. The van der Waals surface area contributed by atoms with Crippen LogP contribution in [0.1, 0.15) is 49.3 Å². The van der Waals surface area contributed by atoms with E-state index in [1.807, 2.05) is 78.9 Å². The van der Waals surface area contributed by atoms with Gasteiger partial charge in [-0.25, -0.2) is 24.5 Å². The molecule has 63 heavy (non-hydrogen) atoms. The second-order valence-corrected chi connectivity index (χ2v) is 15.6. The van der Waals surface area contributed by atoms with Gasteiger partial charge in [0.05, 0.1) is 27.2 Å². The number of ether oxygens (including phenoxy) is 6. The molecule has 1 fully saturated rings. The first kappa shape index (κ1) is 43.8. The standard InChI is InChI=1S/C45H47N9O9/c1-44(2,3)63-43(57)51-34(23-27-11-17-31(18-12-27)52-53-47)42(56)62-38-37(55)35(61-41(38)54-26-50-36-39(46)48-25-49-40(36)54)24-60-45(28-9-7-6-8-10-28,29-13-19-32(58-4)20-14-29)30-15-21-33(59-5)22-16-30/h6-22,25-26,34-35,37-38,41,55H,23-24H2,1-5H3,(H,51,57)(H2,46,48,49)/t34-,35+,37+,38+,41+/m0/s1. The highest BCUT2D eigenvalue weighted by molar-refractivity contribution is 5.82. The van der Waals surface area contributed by atoms with E-state index in [0.29, 0.717) is 22.7 Å². The number of nitrogens with zero attached hydrogens (tertiary/aromatic N) is 7. The first-order valence-electron chi connectivity index (χ1n) is 19.9. The number of nitrogens with one attached hydrogen (secondary N) is 1. The maximum absolute atomic E-state index is 14.4. The zero-order valence-corrected chi connectivity index (χ0v) is 35.2. The lowest BCUT2D eigenvalue weighted by molar-refractivity contribution is -0.161. The van der Waals surface area contributed by atoms with Gasteiger partial charge in [0.15, 0.2) is 23.8 Å². The quantitative estimate of drug-likeness (QED) is 0.0321. The fourth-order valence-corrected chi connectivity index (χ4v) is 7.39. The molecule has 0 saturated carbocycles. The van der Waals surface area contributed by atoms with Gasteiger partial charge in [-0.3, -0.25) is 4.57 Å². The molecule has 6 aromatic rings. The van der Waals surface area contributed by atoms with Crippen LogP contribution >= 0.6 is 0 Å². The van der Waals surface area contributed by atoms with Crippen LogP contribution in [0.25, 0.3) is 21.6 Å². The Labute approximate surface area is 362 Å². The summed E-state index contributed by atoms with van der Waals surface area (Å²) >= 11 is 0. The molecule has 3 heterocycles. The number of rotatable bonds is 15. The highest BCUT2D eigenvalue weighted by Crippen LogP contribution is 2.43. The first-order valence-corrected chi connectivity index (χ1v) is 19.9. The average molecular weight is 858 g/mol. The lowest BCUT2D eigenvalue weighted by atomic mass is 9.80. The Morgan fingerprint density at radius 3 is 2.11 bits per heavy atom. The molecule has 0 bridgehead atoms. The van der Waals surface area contributed by atoms with Gasteiger partial charge in [-0.2, -0.15) is 0 Å². The zero-order chi connectivity index (χ0) is 44.7. The number of aromatic nitrogens is 4. The minimum absolute atomic E-state index is 0.0589. The maximum Gasteiger partial charge on any atom is 0.408 e. The van der Waals surface area contributed by atoms with Gasteiger partial charge in [-0.05, 0) is 72.8 Å². The number of imidazole rings is 1. The number of hydrogen-bond donors (Lipinski definition) is 3. The Kier molecular flexibility index (Phi) is 13.1. The third-order valence-electron chi connectivity index (χ3n) is 10.4. The number of methoxy groups -OCH3 is 2. The van der Waals surface area contributed by atoms with E-state index in [4.69, 9.17) is 39.7 Å². The van der Waals surface area contributed by atoms with Gasteiger partial charge in [-0.15, -0.1) is 0 Å². The summed E-state index contributed by atoms with van der Waals surface area (Å²) in [4.78, 5) is 43.2. The van der Waals surface area contributed by atoms with E-state index in [-0.39, 0.29) is 30.0 Å². The smallest absolute Gasteiger partial charge is 0.408 e. The molecule has 1 aliphatic heterocycles. The SMILES string of the molecule is COc1ccc(C(OC[C@H]2O[C@@H](n3cnc4c(N)ncnc43)[C@H](OC(=O)[C@H](Cc3ccc(N=[N+]=[N-])cc3)NC(=O)OC(C)(C)C)[C@@H]2O)(c2ccccc2)c2ccc(OC)cc2)cc1. The topological polar surface area (TPSA) is 240 Å². The summed E-state index contributed by atoms with van der Waals surface area (Å²) < 4.78 is 37.9. The van der Waals surface area contributed by atoms with E-state index in [2.05, 4.69) is 30.3 Å². The molecule has 0 radical (unpaired) electrons. The Hall–Kier alpha value is -7.24. The summed E-state index contributed by atoms with van der Waals surface area (Å²) in [6.07, 6.45) is -3.55. The van der Waals surface area contributed by atoms with Gasteiger partial charge >= 0.3 is 12.1 Å². The van der Waals surface area contributed by atoms with Gasteiger partial charge in [0, 0.05) is 17.0 Å². The van der Waals surface area contributed by atoms with Crippen LogP contribution < -0.4 is 20.5 Å². The van der Waals surface area contributed by atoms with Crippen LogP contribution in [0, 0.1) is 0 Å². The molecule has 2 aromatic heterocycles. The normalized spacial score (nSPS) is 17.9. The van der Waals surface area contributed by atoms with Crippen molar-refractivity contribution in [2.75, 3.05) is 26.6 Å². The number of benzene rings is 4. The maximum atomic E-state index is 14.4. The highest BCUT2D eigenvalue weighted by Gasteiger charge is 2.50. The molecule has 4 N–H and O–H groups in total. The molecular weight excluding hydrogens is 811 g/mol. The van der Waals surface area contributed by atoms with Crippen molar-refractivity contribution >= 4 is 34.7 Å². The van der Waals surface area contributed by atoms with E-state index in [0.717, 1.165) is 16.7 Å². The number of fused-ring (bicyclic) bond motifs is 1. The Balaban J connectivity index is 1.26. The van der Waals surface area contributed by atoms with Crippen molar-refractivity contribution in [2.24, 2.45) is 5.11 Å². The number of aliphatic hydroxyl groups is 1. The summed E-state index contributed by atoms with van der Waals surface area (Å²) in [7, 11) is 3.17. The monoisotopic (exact) mass is 857 g/mol. The summed E-state index contributed by atoms with van der Waals surface area (Å²) in [6, 6.07) is 29.7. The zero-order valence-electron chi connectivity index (χ0n) is 35.2. The summed E-state index contributed by atoms with van der Waals surface area (Å²) in [5, 5.41) is 18.5. The molecule has 18 nitrogen and oxygen atoms in total. The molecule has 1 aliphatic rings. The molecule has 0 unspecified atom stereocenters. The summed E-state index contributed by atoms with van der Waals surface area (Å²) in [6.45, 7) is 4.83. The number of nitrogens with two attached hydrogens (primary N) is 1. The van der Waals surface area contributed by atoms with Crippen molar-refractivity contribution in [3.05, 3.63) is 148 Å². The van der Waals surface area contributed by atoms with Crippen LogP contribution in [-0.2, 0) is 35.8 Å². The molecule has 1 saturated heterocycles. The Morgan fingerprint density at radius 2 is 1.52 bits per heavy atom. The number of carbonyl (C=O) groups excluding carboxylic acids is 2. The molecule has 0 aliphatic carbocycles. The molecule has 18 heteroatoms. The van der Waals surface area contributed by atoms with E-state index >= 15 is 0 Å². The van der Waals surface area contributed by atoms with Crippen molar-refractivity contribution in [2.45, 2.75) is 69.0 Å². The number of nitrogen functional groups attached to an aromatic ring is 1. The van der Waals surface area contributed by atoms with Crippen LogP contribution in [0.15, 0.2) is 121 Å². The number of aliphatic hydroxyl groups excluding tert-OH is 1. The lowest BCUT2D eigenvalue weighted by Crippen LogP contribution is -2.48. The van der Waals surface area contributed by atoms with Crippen molar-refractivity contribution in [1.82, 2.24) is 24.8 Å². The number of anilines is 1. The average Bonchev–Trinajstić information content (AvgIpc) is 3.85. The molecular formula is C45H47N9O9. The number of carbonyl (C=O) groups is 2. The second-order valence-electron chi connectivity index (χ2n) is 15.6. The van der Waals surface area contributed by atoms with Gasteiger partial charge < -0.3 is 44.6 Å². The number of amides is 1. The van der Waals surface area contributed by atoms with Gasteiger partial charge in [0.2, 0.25) is 0 Å². The van der Waals surface area contributed by atoms with Gasteiger partial charge in [-0.1, -0.05) is 84.0 Å². The third-order valence-corrected chi connectivity index (χ3v) is 10.4. The highest BCUT2D eigenvalue weighted by atomic mass is 16.6. The van der Waals surface area contributed by atoms with Crippen LogP contribution in [-0.4, -0.2) is 87.5 Å². The predicted octanol–water partition coefficient (Wildman–Crippen LogP) is 6.68. The van der Waals surface area contributed by atoms with Crippen LogP contribution in [0.2, 0.25) is 0 Å². The summed E-state index contributed by atoms with van der Waals surface area (Å²) in [5.74, 6) is 0.469. The number of azide groups is 1. The van der Waals surface area contributed by atoms with E-state index < -0.39 is 53.8 Å². The number of hydrogen-bond acceptors (Lipinski definition) is 14. The van der Waals surface area contributed by atoms with Gasteiger partial charge in [0.25, 0.3) is 0 Å². The van der Waals surface area contributed by atoms with Crippen molar-refractivity contribution in [1.29, 1.82) is 0 Å². The van der Waals surface area contributed by atoms with Crippen LogP contribution in [0.3, 0.4) is 0 Å². The minimum Gasteiger partial charge on any atom is -0.497 e. The first-order chi connectivity index (χ1) is 30.3. The van der Waals surface area contributed by atoms with Crippen molar-refractivity contribution in [3.63, 3.8) is 0 Å². The Morgan fingerprint density at radius 1 is 0.905 bits per heavy atom. The molecule has 1 amide bonds. The Bertz CT molecular complexity index is 2510. The fourth-order valence-electron chi connectivity index (χ4n) is 7.39.